The number of hydrogen-bond acceptors (Lipinski definition) is 1. The Balaban J connectivity index is 0.000000291. The average molecular weight is 110 g/mol. The van der Waals surface area contributed by atoms with Crippen molar-refractivity contribution < 1.29 is 1.37 Å². The molecule has 0 aliphatic heterocycles. The molecule has 1 aromatic rings. The Morgan fingerprint density at radius 3 is 2.00 bits per heavy atom. The first-order chi connectivity index (χ1) is 4.39. The Hall–Kier alpha value is -0.850. The molecule has 0 radical (unpaired) electrons. The van der Waals surface area contributed by atoms with Crippen molar-refractivity contribution in [3.63, 3.8) is 0 Å². The van der Waals surface area contributed by atoms with Gasteiger partial charge in [0, 0.05) is 12.4 Å². The van der Waals surface area contributed by atoms with Crippen molar-refractivity contribution in [1.29, 1.82) is 0 Å². The van der Waals surface area contributed by atoms with Gasteiger partial charge in [-0.2, -0.15) is 0 Å². The van der Waals surface area contributed by atoms with Crippen molar-refractivity contribution in [2.45, 2.75) is 13.8 Å². The lowest BCUT2D eigenvalue weighted by molar-refractivity contribution is 1.33. The molecular weight excluding hydrogens is 98.1 g/mol. The number of nitrogens with zero attached hydrogens (tertiary/aromatic N) is 1. The molecule has 1 heteroatoms. The molecule has 0 aliphatic carbocycles. The van der Waals surface area contributed by atoms with Gasteiger partial charge >= 0.3 is 0 Å². The maximum atomic E-state index is 6.96. The first-order valence-electron chi connectivity index (χ1n) is 3.26. The largest absolute Gasteiger partial charge is 0.265 e. The van der Waals surface area contributed by atoms with Crippen LogP contribution >= 0.6 is 0 Å². The second kappa shape index (κ2) is 6.15. The fraction of sp³-hybridized carbons (Fsp3) is 0.286. The summed E-state index contributed by atoms with van der Waals surface area (Å²) in [4.78, 5) is 3.73. The quantitative estimate of drug-likeness (QED) is 0.498. The van der Waals surface area contributed by atoms with E-state index in [9.17, 15) is 0 Å². The summed E-state index contributed by atoms with van der Waals surface area (Å²) in [5.41, 5.74) is 0. The summed E-state index contributed by atoms with van der Waals surface area (Å²) < 4.78 is 6.96. The zero-order chi connectivity index (χ0) is 7.11. The van der Waals surface area contributed by atoms with Gasteiger partial charge in [-0.3, -0.25) is 4.98 Å². The molecule has 1 rings (SSSR count). The molecule has 1 nitrogen and oxygen atoms in total. The van der Waals surface area contributed by atoms with Gasteiger partial charge in [0.25, 0.3) is 0 Å². The van der Waals surface area contributed by atoms with Gasteiger partial charge in [0.15, 0.2) is 0 Å². The first kappa shape index (κ1) is 5.29. The third-order valence-electron chi connectivity index (χ3n) is 0.514. The van der Waals surface area contributed by atoms with E-state index in [1.54, 1.807) is 24.5 Å². The van der Waals surface area contributed by atoms with Crippen LogP contribution in [0.15, 0.2) is 30.6 Å². The summed E-state index contributed by atoms with van der Waals surface area (Å²) in [5.74, 6) is 0. The van der Waals surface area contributed by atoms with Gasteiger partial charge in [0.1, 0.15) is 0 Å². The summed E-state index contributed by atoms with van der Waals surface area (Å²) in [6.45, 7) is 4.00. The van der Waals surface area contributed by atoms with Gasteiger partial charge in [0.05, 0.1) is 1.37 Å². The highest BCUT2D eigenvalue weighted by atomic mass is 14.6. The molecule has 8 heavy (non-hydrogen) atoms. The number of aromatic nitrogens is 1. The Labute approximate surface area is 51.8 Å². The van der Waals surface area contributed by atoms with E-state index in [1.165, 1.54) is 0 Å². The monoisotopic (exact) mass is 110 g/mol. The van der Waals surface area contributed by atoms with E-state index in [1.807, 2.05) is 13.8 Å². The highest BCUT2D eigenvalue weighted by molar-refractivity contribution is 4.88. The molecule has 1 aromatic heterocycles. The molecule has 0 unspecified atom stereocenters. The van der Waals surface area contributed by atoms with Crippen LogP contribution < -0.4 is 0 Å². The van der Waals surface area contributed by atoms with E-state index in [-0.39, 0.29) is 0 Å². The van der Waals surface area contributed by atoms with E-state index < -0.39 is 0 Å². The molecule has 0 saturated carbocycles. The average Bonchev–Trinajstić information content (AvgIpc) is 1.94. The second-order valence-electron chi connectivity index (χ2n) is 0.947. The van der Waals surface area contributed by atoms with E-state index in [4.69, 9.17) is 1.37 Å². The van der Waals surface area contributed by atoms with Gasteiger partial charge in [-0.25, -0.2) is 0 Å². The van der Waals surface area contributed by atoms with Crippen LogP contribution in [0.4, 0.5) is 0 Å². The lowest BCUT2D eigenvalue weighted by Gasteiger charge is -1.70. The van der Waals surface area contributed by atoms with Crippen LogP contribution in [-0.4, -0.2) is 4.98 Å². The molecule has 1 heterocycles. The van der Waals surface area contributed by atoms with E-state index in [0.717, 1.165) is 0 Å². The number of hydrogen-bond donors (Lipinski definition) is 0. The van der Waals surface area contributed by atoms with Crippen molar-refractivity contribution in [3.8, 4) is 0 Å². The van der Waals surface area contributed by atoms with Crippen molar-refractivity contribution >= 4 is 0 Å². The maximum Gasteiger partial charge on any atom is 0.0624 e. The third kappa shape index (κ3) is 3.34. The molecule has 0 N–H and O–H groups in total. The van der Waals surface area contributed by atoms with Crippen molar-refractivity contribution in [2.75, 3.05) is 0 Å². The Morgan fingerprint density at radius 1 is 1.25 bits per heavy atom. The zero-order valence-corrected chi connectivity index (χ0v) is 5.26. The normalized spacial score (nSPS) is 8.50. The van der Waals surface area contributed by atoms with Gasteiger partial charge in [-0.05, 0) is 12.1 Å². The van der Waals surface area contributed by atoms with Crippen LogP contribution in [0.5, 0.6) is 0 Å². The summed E-state index contributed by atoms with van der Waals surface area (Å²) >= 11 is 0. The van der Waals surface area contributed by atoms with E-state index in [0.29, 0.717) is 6.04 Å². The lowest BCUT2D eigenvalue weighted by Crippen LogP contribution is -1.58. The molecule has 0 spiro atoms. The highest BCUT2D eigenvalue weighted by Crippen LogP contribution is 1.73. The fourth-order valence-corrected chi connectivity index (χ4v) is 0.277. The fourth-order valence-electron chi connectivity index (χ4n) is 0.277. The number of pyridine rings is 1. The minimum atomic E-state index is 0.509. The summed E-state index contributed by atoms with van der Waals surface area (Å²) in [6, 6.07) is 3.79. The van der Waals surface area contributed by atoms with Gasteiger partial charge < -0.3 is 0 Å². The van der Waals surface area contributed by atoms with Gasteiger partial charge in [-0.1, -0.05) is 19.9 Å². The standard InChI is InChI=1S/C5H5N.C2H6/c1-2-4-6-5-3-1;1-2/h1-5H;1-2H3/i1D;. The lowest BCUT2D eigenvalue weighted by atomic mass is 10.5. The summed E-state index contributed by atoms with van der Waals surface area (Å²) in [7, 11) is 0. The molecular formula is C7H11N. The second-order valence-corrected chi connectivity index (χ2v) is 0.947. The molecule has 0 fully saturated rings. The minimum absolute atomic E-state index is 0.509. The summed E-state index contributed by atoms with van der Waals surface area (Å²) in [6.07, 6.45) is 3.20. The smallest absolute Gasteiger partial charge is 0.0624 e. The van der Waals surface area contributed by atoms with Crippen LogP contribution in [0.25, 0.3) is 0 Å². The molecule has 0 bridgehead atoms. The third-order valence-corrected chi connectivity index (χ3v) is 0.514. The topological polar surface area (TPSA) is 12.9 Å². The molecule has 0 amide bonds. The Kier molecular flexibility index (Phi) is 4.07. The van der Waals surface area contributed by atoms with Crippen LogP contribution in [0.2, 0.25) is 0 Å². The van der Waals surface area contributed by atoms with Crippen molar-refractivity contribution in [2.24, 2.45) is 0 Å². The molecule has 0 atom stereocenters. The SMILES string of the molecule is CC.[2H]c1ccncc1. The molecule has 0 aliphatic rings. The van der Waals surface area contributed by atoms with Crippen LogP contribution in [0.3, 0.4) is 0 Å². The van der Waals surface area contributed by atoms with Crippen molar-refractivity contribution in [1.82, 2.24) is 4.98 Å². The predicted molar refractivity (Wildman–Crippen MR) is 35.6 cm³/mol. The minimum Gasteiger partial charge on any atom is -0.265 e. The molecule has 0 aromatic carbocycles. The maximum absolute atomic E-state index is 6.96. The van der Waals surface area contributed by atoms with Crippen LogP contribution in [0, 0.1) is 0 Å². The predicted octanol–water partition coefficient (Wildman–Crippen LogP) is 2.11. The van der Waals surface area contributed by atoms with Crippen LogP contribution in [-0.2, 0) is 0 Å². The van der Waals surface area contributed by atoms with E-state index in [2.05, 4.69) is 4.98 Å². The van der Waals surface area contributed by atoms with Gasteiger partial charge in [-0.15, -0.1) is 0 Å². The molecule has 44 valence electrons. The molecule has 0 saturated heterocycles. The van der Waals surface area contributed by atoms with Crippen LogP contribution in [0.1, 0.15) is 15.2 Å². The highest BCUT2D eigenvalue weighted by Gasteiger charge is 1.58. The Morgan fingerprint density at radius 2 is 1.75 bits per heavy atom. The van der Waals surface area contributed by atoms with E-state index >= 15 is 0 Å². The summed E-state index contributed by atoms with van der Waals surface area (Å²) in [5, 5.41) is 0. The first-order valence-corrected chi connectivity index (χ1v) is 2.76. The number of rotatable bonds is 0. The Bertz CT molecular complexity index is 139. The van der Waals surface area contributed by atoms with Crippen molar-refractivity contribution in [3.05, 3.63) is 30.6 Å². The van der Waals surface area contributed by atoms with Gasteiger partial charge in [0.2, 0.25) is 0 Å². The zero-order valence-electron chi connectivity index (χ0n) is 6.26.